The molecule has 3 nitrogen and oxygen atoms in total. The molecule has 1 fully saturated rings. The Hall–Kier alpha value is -0.480. The van der Waals surface area contributed by atoms with Gasteiger partial charge in [-0.25, -0.2) is 0 Å². The minimum absolute atomic E-state index is 0.244. The summed E-state index contributed by atoms with van der Waals surface area (Å²) in [4.78, 5) is 2.38. The zero-order valence-electron chi connectivity index (χ0n) is 12.4. The Morgan fingerprint density at radius 1 is 1.38 bits per heavy atom. The zero-order valence-corrected chi connectivity index (χ0v) is 13.9. The van der Waals surface area contributed by atoms with Crippen molar-refractivity contribution in [1.29, 1.82) is 0 Å². The molecule has 2 atom stereocenters. The second-order valence-electron chi connectivity index (χ2n) is 5.59. The molecule has 1 heterocycles. The highest BCUT2D eigenvalue weighted by atomic mass is 35.5. The van der Waals surface area contributed by atoms with Gasteiger partial charge < -0.3 is 9.84 Å². The summed E-state index contributed by atoms with van der Waals surface area (Å²) in [6, 6.07) is 5.69. The molecule has 5 heteroatoms. The van der Waals surface area contributed by atoms with Crippen LogP contribution in [0, 0.1) is 0 Å². The summed E-state index contributed by atoms with van der Waals surface area (Å²) in [6.07, 6.45) is 4.36. The van der Waals surface area contributed by atoms with Crippen molar-refractivity contribution in [2.45, 2.75) is 44.8 Å². The molecule has 0 saturated carbocycles. The topological polar surface area (TPSA) is 32.7 Å². The van der Waals surface area contributed by atoms with Gasteiger partial charge in [-0.1, -0.05) is 36.5 Å². The zero-order chi connectivity index (χ0) is 15.2. The van der Waals surface area contributed by atoms with Crippen LogP contribution in [-0.2, 0) is 0 Å². The molecule has 1 aromatic rings. The maximum Gasteiger partial charge on any atom is 0.138 e. The first kappa shape index (κ1) is 16.9. The van der Waals surface area contributed by atoms with E-state index in [1.54, 1.807) is 18.2 Å². The molecule has 0 unspecified atom stereocenters. The molecule has 21 heavy (non-hydrogen) atoms. The quantitative estimate of drug-likeness (QED) is 0.855. The number of aliphatic hydroxyl groups excluding tert-OH is 1. The first-order valence-electron chi connectivity index (χ1n) is 7.60. The van der Waals surface area contributed by atoms with Gasteiger partial charge in [0.25, 0.3) is 0 Å². The fourth-order valence-electron chi connectivity index (χ4n) is 2.86. The van der Waals surface area contributed by atoms with Crippen molar-refractivity contribution in [3.05, 3.63) is 28.2 Å². The number of nitrogens with zero attached hydrogens (tertiary/aromatic N) is 1. The molecule has 1 aliphatic heterocycles. The van der Waals surface area contributed by atoms with Crippen LogP contribution in [0.15, 0.2) is 18.2 Å². The summed E-state index contributed by atoms with van der Waals surface area (Å²) < 4.78 is 5.60. The Morgan fingerprint density at radius 3 is 2.90 bits per heavy atom. The van der Waals surface area contributed by atoms with Crippen LogP contribution in [0.3, 0.4) is 0 Å². The van der Waals surface area contributed by atoms with Gasteiger partial charge >= 0.3 is 0 Å². The average Bonchev–Trinajstić information content (AvgIpc) is 2.47. The van der Waals surface area contributed by atoms with E-state index in [-0.39, 0.29) is 6.61 Å². The van der Waals surface area contributed by atoms with Crippen LogP contribution in [0.2, 0.25) is 10.0 Å². The number of hydrogen-bond acceptors (Lipinski definition) is 3. The second kappa shape index (κ2) is 8.23. The van der Waals surface area contributed by atoms with E-state index in [1.165, 1.54) is 19.3 Å². The Labute approximate surface area is 136 Å². The fourth-order valence-corrected chi connectivity index (χ4v) is 3.33. The highest BCUT2D eigenvalue weighted by Crippen LogP contribution is 2.27. The van der Waals surface area contributed by atoms with Crippen LogP contribution >= 0.6 is 23.2 Å². The molecular weight excluding hydrogens is 309 g/mol. The summed E-state index contributed by atoms with van der Waals surface area (Å²) >= 11 is 11.9. The van der Waals surface area contributed by atoms with Crippen molar-refractivity contribution in [2.75, 3.05) is 19.7 Å². The Morgan fingerprint density at radius 2 is 2.19 bits per heavy atom. The molecule has 1 aliphatic rings. The van der Waals surface area contributed by atoms with Gasteiger partial charge in [-0.2, -0.15) is 0 Å². The molecule has 0 aliphatic carbocycles. The molecule has 0 bridgehead atoms. The first-order valence-corrected chi connectivity index (χ1v) is 8.35. The van der Waals surface area contributed by atoms with Crippen LogP contribution in [-0.4, -0.2) is 41.8 Å². The van der Waals surface area contributed by atoms with Gasteiger partial charge in [-0.05, 0) is 44.0 Å². The Bertz CT molecular complexity index is 456. The van der Waals surface area contributed by atoms with E-state index in [2.05, 4.69) is 11.8 Å². The van der Waals surface area contributed by atoms with Gasteiger partial charge in [0.15, 0.2) is 0 Å². The van der Waals surface area contributed by atoms with Gasteiger partial charge in [0.2, 0.25) is 0 Å². The second-order valence-corrected chi connectivity index (χ2v) is 6.44. The van der Waals surface area contributed by atoms with E-state index in [0.29, 0.717) is 28.4 Å². The van der Waals surface area contributed by atoms with Crippen LogP contribution in [0.5, 0.6) is 5.75 Å². The van der Waals surface area contributed by atoms with E-state index >= 15 is 0 Å². The number of benzene rings is 1. The predicted octanol–water partition coefficient (Wildman–Crippen LogP) is 4.00. The summed E-state index contributed by atoms with van der Waals surface area (Å²) in [6.45, 7) is 4.18. The van der Waals surface area contributed by atoms with Crippen molar-refractivity contribution in [1.82, 2.24) is 4.90 Å². The number of rotatable bonds is 6. The van der Waals surface area contributed by atoms with Crippen LogP contribution in [0.25, 0.3) is 0 Å². The van der Waals surface area contributed by atoms with E-state index < -0.39 is 6.10 Å². The molecule has 118 valence electrons. The smallest absolute Gasteiger partial charge is 0.138 e. The van der Waals surface area contributed by atoms with Crippen molar-refractivity contribution < 1.29 is 9.84 Å². The van der Waals surface area contributed by atoms with Gasteiger partial charge in [-0.3, -0.25) is 4.90 Å². The molecule has 0 radical (unpaired) electrons. The van der Waals surface area contributed by atoms with Gasteiger partial charge in [-0.15, -0.1) is 0 Å². The summed E-state index contributed by atoms with van der Waals surface area (Å²) in [5, 5.41) is 11.2. The lowest BCUT2D eigenvalue weighted by molar-refractivity contribution is 0.0388. The SMILES string of the molecule is CC[C@@H]1CCCCN1C[C@H](O)COc1ccc(Cl)cc1Cl. The summed E-state index contributed by atoms with van der Waals surface area (Å²) in [5.74, 6) is 0.561. The van der Waals surface area contributed by atoms with Crippen molar-refractivity contribution in [3.8, 4) is 5.75 Å². The molecule has 0 aromatic heterocycles. The number of β-amino-alcohol motifs (C(OH)–C–C–N with tert-alkyl or cyclic N) is 1. The average molecular weight is 332 g/mol. The molecule has 1 N–H and O–H groups in total. The highest BCUT2D eigenvalue weighted by molar-refractivity contribution is 6.35. The number of piperidine rings is 1. The van der Waals surface area contributed by atoms with E-state index in [1.807, 2.05) is 0 Å². The largest absolute Gasteiger partial charge is 0.489 e. The lowest BCUT2D eigenvalue weighted by atomic mass is 10.00. The van der Waals surface area contributed by atoms with Gasteiger partial charge in [0.05, 0.1) is 5.02 Å². The van der Waals surface area contributed by atoms with Crippen LogP contribution in [0.4, 0.5) is 0 Å². The molecule has 2 rings (SSSR count). The van der Waals surface area contributed by atoms with Crippen molar-refractivity contribution >= 4 is 23.2 Å². The number of halogens is 2. The number of likely N-dealkylation sites (tertiary alicyclic amines) is 1. The molecule has 1 aromatic carbocycles. The molecule has 0 amide bonds. The maximum absolute atomic E-state index is 10.2. The Kier molecular flexibility index (Phi) is 6.62. The number of hydrogen-bond donors (Lipinski definition) is 1. The van der Waals surface area contributed by atoms with Crippen molar-refractivity contribution in [3.63, 3.8) is 0 Å². The number of aliphatic hydroxyl groups is 1. The molecule has 0 spiro atoms. The predicted molar refractivity (Wildman–Crippen MR) is 87.5 cm³/mol. The minimum Gasteiger partial charge on any atom is -0.489 e. The van der Waals surface area contributed by atoms with E-state index in [4.69, 9.17) is 27.9 Å². The third kappa shape index (κ3) is 5.03. The number of ether oxygens (including phenoxy) is 1. The highest BCUT2D eigenvalue weighted by Gasteiger charge is 2.23. The van der Waals surface area contributed by atoms with Gasteiger partial charge in [0, 0.05) is 17.6 Å². The minimum atomic E-state index is -0.510. The van der Waals surface area contributed by atoms with Gasteiger partial charge in [0.1, 0.15) is 18.5 Å². The normalized spacial score (nSPS) is 21.2. The van der Waals surface area contributed by atoms with Crippen LogP contribution in [0.1, 0.15) is 32.6 Å². The third-order valence-corrected chi connectivity index (χ3v) is 4.52. The standard InChI is InChI=1S/C16H23Cl2NO2/c1-2-13-5-3-4-8-19(13)10-14(20)11-21-16-7-6-12(17)9-15(16)18/h6-7,9,13-14,20H,2-5,8,10-11H2,1H3/t13-,14+/m1/s1. The Balaban J connectivity index is 1.82. The lowest BCUT2D eigenvalue weighted by Crippen LogP contribution is -2.44. The van der Waals surface area contributed by atoms with Crippen molar-refractivity contribution in [2.24, 2.45) is 0 Å². The molecular formula is C16H23Cl2NO2. The lowest BCUT2D eigenvalue weighted by Gasteiger charge is -2.36. The molecule has 1 saturated heterocycles. The third-order valence-electron chi connectivity index (χ3n) is 3.99. The fraction of sp³-hybridized carbons (Fsp3) is 0.625. The maximum atomic E-state index is 10.2. The summed E-state index contributed by atoms with van der Waals surface area (Å²) in [5.41, 5.74) is 0. The van der Waals surface area contributed by atoms with E-state index in [9.17, 15) is 5.11 Å². The first-order chi connectivity index (χ1) is 10.1. The van der Waals surface area contributed by atoms with E-state index in [0.717, 1.165) is 13.0 Å². The monoisotopic (exact) mass is 331 g/mol. The van der Waals surface area contributed by atoms with Crippen LogP contribution < -0.4 is 4.74 Å². The summed E-state index contributed by atoms with van der Waals surface area (Å²) in [7, 11) is 0.